The van der Waals surface area contributed by atoms with E-state index in [9.17, 15) is 8.78 Å². The van der Waals surface area contributed by atoms with Crippen molar-refractivity contribution in [3.63, 3.8) is 0 Å². The van der Waals surface area contributed by atoms with Crippen LogP contribution in [0.3, 0.4) is 0 Å². The molecule has 0 saturated heterocycles. The molecule has 2 nitrogen and oxygen atoms in total. The van der Waals surface area contributed by atoms with E-state index in [-0.39, 0.29) is 11.2 Å². The molecule has 78 valence electrons. The van der Waals surface area contributed by atoms with E-state index >= 15 is 0 Å². The molecular formula is C11H10F2N2. The van der Waals surface area contributed by atoms with Gasteiger partial charge in [0.1, 0.15) is 5.82 Å². The first-order valence-electron chi connectivity index (χ1n) is 5.00. The first-order chi connectivity index (χ1) is 7.16. The van der Waals surface area contributed by atoms with Gasteiger partial charge < -0.3 is 4.40 Å². The van der Waals surface area contributed by atoms with Crippen LogP contribution in [0.2, 0.25) is 0 Å². The Labute approximate surface area is 85.6 Å². The van der Waals surface area contributed by atoms with Gasteiger partial charge in [0.2, 0.25) is 0 Å². The molecule has 0 amide bonds. The summed E-state index contributed by atoms with van der Waals surface area (Å²) in [5.74, 6) is -0.630. The molecule has 0 N–H and O–H groups in total. The van der Waals surface area contributed by atoms with Gasteiger partial charge in [-0.2, -0.15) is 0 Å². The van der Waals surface area contributed by atoms with Crippen molar-refractivity contribution >= 4 is 5.65 Å². The molecule has 4 heteroatoms. The summed E-state index contributed by atoms with van der Waals surface area (Å²) in [6.45, 7) is 1.43. The second-order valence-electron chi connectivity index (χ2n) is 4.09. The number of hydrogen-bond donors (Lipinski definition) is 0. The average Bonchev–Trinajstić information content (AvgIpc) is 2.97. The van der Waals surface area contributed by atoms with E-state index < -0.39 is 11.6 Å². The highest BCUT2D eigenvalue weighted by Crippen LogP contribution is 2.39. The molecule has 0 bridgehead atoms. The van der Waals surface area contributed by atoms with Gasteiger partial charge in [-0.15, -0.1) is 0 Å². The number of imidazole rings is 1. The minimum absolute atomic E-state index is 0.0375. The Morgan fingerprint density at radius 1 is 1.33 bits per heavy atom. The van der Waals surface area contributed by atoms with Gasteiger partial charge in [-0.3, -0.25) is 0 Å². The third-order valence-corrected chi connectivity index (χ3v) is 2.88. The Hall–Kier alpha value is -1.45. The maximum atomic E-state index is 13.6. The van der Waals surface area contributed by atoms with Gasteiger partial charge in [-0.05, 0) is 19.8 Å². The quantitative estimate of drug-likeness (QED) is 0.704. The molecule has 0 unspecified atom stereocenters. The molecule has 1 saturated carbocycles. The summed E-state index contributed by atoms with van der Waals surface area (Å²) in [5, 5.41) is 0. The topological polar surface area (TPSA) is 17.3 Å². The Bertz CT molecular complexity index is 541. The molecule has 2 aromatic rings. The standard InChI is InChI=1S/C11H10F2N2/c1-6-8(12)4-15-5-9(7-2-3-7)14-11(15)10(6)13/h4-5,7H,2-3H2,1H3. The van der Waals surface area contributed by atoms with Crippen LogP contribution in [0.25, 0.3) is 5.65 Å². The maximum absolute atomic E-state index is 13.6. The predicted octanol–water partition coefficient (Wildman–Crippen LogP) is 2.80. The lowest BCUT2D eigenvalue weighted by Gasteiger charge is -1.99. The van der Waals surface area contributed by atoms with Crippen molar-refractivity contribution in [3.8, 4) is 0 Å². The summed E-state index contributed by atoms with van der Waals surface area (Å²) < 4.78 is 28.3. The molecule has 2 heterocycles. The van der Waals surface area contributed by atoms with Crippen LogP contribution < -0.4 is 0 Å². The minimum atomic E-state index is -0.554. The lowest BCUT2D eigenvalue weighted by Crippen LogP contribution is -1.95. The van der Waals surface area contributed by atoms with Gasteiger partial charge in [-0.1, -0.05) is 0 Å². The molecule has 1 aliphatic rings. The second kappa shape index (κ2) is 2.78. The Balaban J connectivity index is 2.29. The summed E-state index contributed by atoms with van der Waals surface area (Å²) in [5.41, 5.74) is 1.14. The van der Waals surface area contributed by atoms with Crippen LogP contribution in [0.1, 0.15) is 30.0 Å². The van der Waals surface area contributed by atoms with Gasteiger partial charge in [0.05, 0.1) is 5.69 Å². The molecule has 0 radical (unpaired) electrons. The fourth-order valence-electron chi connectivity index (χ4n) is 1.74. The first-order valence-corrected chi connectivity index (χ1v) is 5.00. The van der Waals surface area contributed by atoms with E-state index in [0.29, 0.717) is 5.92 Å². The average molecular weight is 208 g/mol. The fourth-order valence-corrected chi connectivity index (χ4v) is 1.74. The summed E-state index contributed by atoms with van der Waals surface area (Å²) in [6.07, 6.45) is 5.21. The van der Waals surface area contributed by atoms with Crippen LogP contribution in [-0.2, 0) is 0 Å². The van der Waals surface area contributed by atoms with Gasteiger partial charge >= 0.3 is 0 Å². The largest absolute Gasteiger partial charge is 0.301 e. The normalized spacial score (nSPS) is 16.2. The summed E-state index contributed by atoms with van der Waals surface area (Å²) in [7, 11) is 0. The first kappa shape index (κ1) is 8.83. The van der Waals surface area contributed by atoms with Crippen LogP contribution in [0.5, 0.6) is 0 Å². The van der Waals surface area contributed by atoms with Crippen molar-refractivity contribution in [2.75, 3.05) is 0 Å². The van der Waals surface area contributed by atoms with Crippen molar-refractivity contribution < 1.29 is 8.78 Å². The monoisotopic (exact) mass is 208 g/mol. The van der Waals surface area contributed by atoms with Crippen molar-refractivity contribution in [1.82, 2.24) is 9.38 Å². The third kappa shape index (κ3) is 1.24. The highest BCUT2D eigenvalue weighted by molar-refractivity contribution is 5.46. The van der Waals surface area contributed by atoms with E-state index in [4.69, 9.17) is 0 Å². The summed E-state index contributed by atoms with van der Waals surface area (Å²) >= 11 is 0. The Morgan fingerprint density at radius 2 is 2.07 bits per heavy atom. The van der Waals surface area contributed by atoms with Crippen LogP contribution >= 0.6 is 0 Å². The zero-order valence-electron chi connectivity index (χ0n) is 8.30. The minimum Gasteiger partial charge on any atom is -0.301 e. The molecule has 0 aliphatic heterocycles. The third-order valence-electron chi connectivity index (χ3n) is 2.88. The van der Waals surface area contributed by atoms with Crippen molar-refractivity contribution in [2.24, 2.45) is 0 Å². The fraction of sp³-hybridized carbons (Fsp3) is 0.364. The van der Waals surface area contributed by atoms with E-state index in [1.165, 1.54) is 17.5 Å². The van der Waals surface area contributed by atoms with E-state index in [0.717, 1.165) is 18.5 Å². The van der Waals surface area contributed by atoms with Gasteiger partial charge in [0.25, 0.3) is 0 Å². The lowest BCUT2D eigenvalue weighted by molar-refractivity contribution is 0.562. The smallest absolute Gasteiger partial charge is 0.173 e. The summed E-state index contributed by atoms with van der Waals surface area (Å²) in [4.78, 5) is 4.20. The number of aromatic nitrogens is 2. The predicted molar refractivity (Wildman–Crippen MR) is 51.8 cm³/mol. The van der Waals surface area contributed by atoms with Gasteiger partial charge in [-0.25, -0.2) is 13.8 Å². The molecule has 0 spiro atoms. The van der Waals surface area contributed by atoms with Gasteiger partial charge in [0.15, 0.2) is 11.5 Å². The molecule has 3 rings (SSSR count). The maximum Gasteiger partial charge on any atom is 0.173 e. The van der Waals surface area contributed by atoms with Crippen molar-refractivity contribution in [2.45, 2.75) is 25.7 Å². The van der Waals surface area contributed by atoms with Crippen molar-refractivity contribution in [1.29, 1.82) is 0 Å². The van der Waals surface area contributed by atoms with Crippen LogP contribution in [0, 0.1) is 18.6 Å². The molecule has 1 fully saturated rings. The molecule has 0 aromatic carbocycles. The SMILES string of the molecule is Cc1c(F)cn2cc(C3CC3)nc2c1F. The lowest BCUT2D eigenvalue weighted by atomic mass is 10.3. The number of fused-ring (bicyclic) bond motifs is 1. The zero-order valence-corrected chi connectivity index (χ0v) is 8.30. The van der Waals surface area contributed by atoms with E-state index in [1.54, 1.807) is 6.20 Å². The molecule has 1 aliphatic carbocycles. The van der Waals surface area contributed by atoms with Crippen LogP contribution in [-0.4, -0.2) is 9.38 Å². The Morgan fingerprint density at radius 3 is 2.73 bits per heavy atom. The number of nitrogens with zero attached hydrogens (tertiary/aromatic N) is 2. The number of hydrogen-bond acceptors (Lipinski definition) is 1. The zero-order chi connectivity index (χ0) is 10.6. The number of pyridine rings is 1. The number of halogens is 2. The van der Waals surface area contributed by atoms with Crippen molar-refractivity contribution in [3.05, 3.63) is 35.3 Å². The number of rotatable bonds is 1. The highest BCUT2D eigenvalue weighted by Gasteiger charge is 2.27. The van der Waals surface area contributed by atoms with E-state index in [1.807, 2.05) is 0 Å². The van der Waals surface area contributed by atoms with Crippen LogP contribution in [0.4, 0.5) is 8.78 Å². The summed E-state index contributed by atoms with van der Waals surface area (Å²) in [6, 6.07) is 0. The van der Waals surface area contributed by atoms with Crippen LogP contribution in [0.15, 0.2) is 12.4 Å². The second-order valence-corrected chi connectivity index (χ2v) is 4.09. The van der Waals surface area contributed by atoms with E-state index in [2.05, 4.69) is 4.98 Å². The molecule has 15 heavy (non-hydrogen) atoms. The molecule has 0 atom stereocenters. The molecular weight excluding hydrogens is 198 g/mol. The highest BCUT2D eigenvalue weighted by atomic mass is 19.1. The van der Waals surface area contributed by atoms with Gasteiger partial charge in [0, 0.05) is 23.9 Å². The molecule has 2 aromatic heterocycles. The Kier molecular flexibility index (Phi) is 1.63.